The molecule has 0 unspecified atom stereocenters. The maximum atomic E-state index is 6.48. The van der Waals surface area contributed by atoms with Gasteiger partial charge in [-0.25, -0.2) is 0 Å². The van der Waals surface area contributed by atoms with E-state index in [2.05, 4.69) is 93.2 Å². The van der Waals surface area contributed by atoms with E-state index < -0.39 is 8.07 Å². The Morgan fingerprint density at radius 3 is 2.07 bits per heavy atom. The Morgan fingerprint density at radius 1 is 0.800 bits per heavy atom. The van der Waals surface area contributed by atoms with Gasteiger partial charge >= 0.3 is 0 Å². The Labute approximate surface area is 202 Å². The van der Waals surface area contributed by atoms with Gasteiger partial charge in [-0.1, -0.05) is 81.2 Å². The van der Waals surface area contributed by atoms with Crippen molar-refractivity contribution in [2.24, 2.45) is 0 Å². The van der Waals surface area contributed by atoms with Gasteiger partial charge in [-0.15, -0.1) is 22.7 Å². The van der Waals surface area contributed by atoms with Gasteiger partial charge in [-0.3, -0.25) is 0 Å². The Hall–Kier alpha value is -0.653. The molecule has 0 aliphatic heterocycles. The molecule has 0 saturated carbocycles. The van der Waals surface area contributed by atoms with Crippen LogP contribution >= 0.6 is 50.2 Å². The normalized spacial score (nSPS) is 12.9. The second-order valence-electron chi connectivity index (χ2n) is 9.10. The van der Waals surface area contributed by atoms with Gasteiger partial charge in [0.25, 0.3) is 0 Å². The van der Waals surface area contributed by atoms with Crippen LogP contribution in [-0.4, -0.2) is 8.07 Å². The van der Waals surface area contributed by atoms with Crippen molar-refractivity contribution < 1.29 is 0 Å². The molecule has 0 aliphatic carbocycles. The van der Waals surface area contributed by atoms with Crippen LogP contribution in [0.4, 0.5) is 0 Å². The van der Waals surface area contributed by atoms with Crippen LogP contribution in [0.2, 0.25) is 21.6 Å². The lowest BCUT2D eigenvalue weighted by Crippen LogP contribution is -2.54. The molecule has 158 valence electrons. The highest BCUT2D eigenvalue weighted by Crippen LogP contribution is 2.46. The number of hydrogen-bond acceptors (Lipinski definition) is 2. The molecular formula is C25H28BrClS2Si. The second-order valence-corrected chi connectivity index (χ2v) is 18.6. The fraction of sp³-hybridized carbons (Fsp3) is 0.360. The molecule has 0 aliphatic rings. The molecule has 0 nitrogen and oxygen atoms in total. The van der Waals surface area contributed by atoms with Gasteiger partial charge in [0.05, 0.1) is 9.72 Å². The summed E-state index contributed by atoms with van der Waals surface area (Å²) >= 11 is 14.1. The predicted octanol–water partition coefficient (Wildman–Crippen LogP) is 10.1. The molecule has 2 heterocycles. The third-order valence-electron chi connectivity index (χ3n) is 6.78. The van der Waals surface area contributed by atoms with Crippen molar-refractivity contribution in [1.82, 2.24) is 0 Å². The van der Waals surface area contributed by atoms with Gasteiger partial charge in [0.15, 0.2) is 0 Å². The second kappa shape index (κ2) is 8.36. The Morgan fingerprint density at radius 2 is 1.43 bits per heavy atom. The smallest absolute Gasteiger partial charge is 0.107 e. The monoisotopic (exact) mass is 534 g/mol. The Kier molecular flexibility index (Phi) is 6.28. The largest absolute Gasteiger partial charge is 0.144 e. The fourth-order valence-corrected chi connectivity index (χ4v) is 17.5. The molecular weight excluding hydrogens is 508 g/mol. The van der Waals surface area contributed by atoms with Gasteiger partial charge < -0.3 is 0 Å². The summed E-state index contributed by atoms with van der Waals surface area (Å²) in [6.45, 7) is 14.7. The Bertz CT molecular complexity index is 1200. The standard InChI is InChI=1S/C25H28BrClS2Si/c1-14(2)30(15(3)4,16(5)6)23-13-20-21(26)9-7-18(24(20)29-23)17-8-10-22(27)25-19(17)11-12-28-25/h7-16H,1-6H3. The van der Waals surface area contributed by atoms with Crippen molar-refractivity contribution >= 4 is 83.0 Å². The van der Waals surface area contributed by atoms with E-state index in [0.717, 1.165) is 5.02 Å². The van der Waals surface area contributed by atoms with E-state index in [1.165, 1.54) is 35.8 Å². The van der Waals surface area contributed by atoms with E-state index in [-0.39, 0.29) is 0 Å². The van der Waals surface area contributed by atoms with Gasteiger partial charge in [-0.2, -0.15) is 0 Å². The molecule has 4 rings (SSSR count). The van der Waals surface area contributed by atoms with Crippen LogP contribution < -0.4 is 4.50 Å². The molecule has 30 heavy (non-hydrogen) atoms. The maximum Gasteiger partial charge on any atom is 0.107 e. The van der Waals surface area contributed by atoms with Gasteiger partial charge in [-0.05, 0) is 56.3 Å². The molecule has 5 heteroatoms. The lowest BCUT2D eigenvalue weighted by molar-refractivity contribution is 0.837. The molecule has 2 aromatic carbocycles. The van der Waals surface area contributed by atoms with Crippen molar-refractivity contribution in [3.8, 4) is 11.1 Å². The minimum Gasteiger partial charge on any atom is -0.144 e. The number of benzene rings is 2. The highest BCUT2D eigenvalue weighted by atomic mass is 79.9. The summed E-state index contributed by atoms with van der Waals surface area (Å²) in [5.41, 5.74) is 4.71. The molecule has 0 amide bonds. The summed E-state index contributed by atoms with van der Waals surface area (Å²) in [6.07, 6.45) is 0. The quantitative estimate of drug-likeness (QED) is 0.223. The molecule has 0 atom stereocenters. The van der Waals surface area contributed by atoms with Crippen LogP contribution in [0.25, 0.3) is 31.3 Å². The summed E-state index contributed by atoms with van der Waals surface area (Å²) in [6, 6.07) is 13.4. The van der Waals surface area contributed by atoms with Crippen LogP contribution in [-0.2, 0) is 0 Å². The molecule has 0 saturated heterocycles. The molecule has 0 N–H and O–H groups in total. The van der Waals surface area contributed by atoms with E-state index in [9.17, 15) is 0 Å². The zero-order valence-electron chi connectivity index (χ0n) is 18.3. The molecule has 2 aromatic heterocycles. The van der Waals surface area contributed by atoms with Crippen molar-refractivity contribution in [1.29, 1.82) is 0 Å². The van der Waals surface area contributed by atoms with Crippen molar-refractivity contribution in [3.05, 3.63) is 51.3 Å². The van der Waals surface area contributed by atoms with Crippen LogP contribution in [0.3, 0.4) is 0 Å². The van der Waals surface area contributed by atoms with Crippen LogP contribution in [0.15, 0.2) is 46.3 Å². The lowest BCUT2D eigenvalue weighted by atomic mass is 10.0. The van der Waals surface area contributed by atoms with E-state index in [1.807, 2.05) is 17.4 Å². The van der Waals surface area contributed by atoms with E-state index in [1.54, 1.807) is 15.8 Å². The Balaban J connectivity index is 2.04. The highest BCUT2D eigenvalue weighted by Gasteiger charge is 2.45. The maximum absolute atomic E-state index is 6.48. The van der Waals surface area contributed by atoms with E-state index in [4.69, 9.17) is 11.6 Å². The first-order chi connectivity index (χ1) is 14.2. The predicted molar refractivity (Wildman–Crippen MR) is 146 cm³/mol. The molecule has 4 aromatic rings. The summed E-state index contributed by atoms with van der Waals surface area (Å²) in [5, 5.41) is 5.59. The number of hydrogen-bond donors (Lipinski definition) is 0. The van der Waals surface area contributed by atoms with Gasteiger partial charge in [0.1, 0.15) is 8.07 Å². The first kappa shape index (κ1) is 22.5. The summed E-state index contributed by atoms with van der Waals surface area (Å²) in [7, 11) is -1.70. The first-order valence-corrected chi connectivity index (χ1v) is 15.7. The first-order valence-electron chi connectivity index (χ1n) is 10.6. The molecule has 0 spiro atoms. The van der Waals surface area contributed by atoms with Crippen LogP contribution in [0, 0.1) is 0 Å². The third kappa shape index (κ3) is 3.34. The zero-order chi connectivity index (χ0) is 21.8. The van der Waals surface area contributed by atoms with Crippen molar-refractivity contribution in [2.45, 2.75) is 58.2 Å². The average molecular weight is 536 g/mol. The molecule has 0 bridgehead atoms. The number of halogens is 2. The van der Waals surface area contributed by atoms with Crippen LogP contribution in [0.5, 0.6) is 0 Å². The topological polar surface area (TPSA) is 0 Å². The fourth-order valence-electron chi connectivity index (χ4n) is 5.63. The molecule has 0 radical (unpaired) electrons. The number of thiophene rings is 2. The summed E-state index contributed by atoms with van der Waals surface area (Å²) < 4.78 is 5.41. The van der Waals surface area contributed by atoms with Crippen molar-refractivity contribution in [3.63, 3.8) is 0 Å². The summed E-state index contributed by atoms with van der Waals surface area (Å²) in [5.74, 6) is 0. The average Bonchev–Trinajstić information content (AvgIpc) is 3.31. The van der Waals surface area contributed by atoms with Gasteiger partial charge in [0.2, 0.25) is 0 Å². The van der Waals surface area contributed by atoms with Crippen LogP contribution in [0.1, 0.15) is 41.5 Å². The minimum absolute atomic E-state index is 0.701. The highest BCUT2D eigenvalue weighted by molar-refractivity contribution is 9.10. The van der Waals surface area contributed by atoms with E-state index in [0.29, 0.717) is 16.6 Å². The molecule has 0 fully saturated rings. The number of fused-ring (bicyclic) bond motifs is 2. The summed E-state index contributed by atoms with van der Waals surface area (Å²) in [4.78, 5) is 0. The zero-order valence-corrected chi connectivity index (χ0v) is 23.3. The lowest BCUT2D eigenvalue weighted by Gasteiger charge is -2.42. The van der Waals surface area contributed by atoms with Gasteiger partial charge in [0, 0.05) is 25.5 Å². The number of rotatable bonds is 5. The third-order valence-corrected chi connectivity index (χ3v) is 17.9. The van der Waals surface area contributed by atoms with Crippen molar-refractivity contribution in [2.75, 3.05) is 0 Å². The SMILES string of the molecule is CC(C)[Si](c1cc2c(Br)ccc(-c3ccc(Cl)c4sccc34)c2s1)(C(C)C)C(C)C. The minimum atomic E-state index is -1.70. The van der Waals surface area contributed by atoms with E-state index >= 15 is 0 Å².